The van der Waals surface area contributed by atoms with Crippen LogP contribution in [0, 0.1) is 5.41 Å². The Hall–Kier alpha value is -1.24. The molecule has 1 aliphatic carbocycles. The average Bonchev–Trinajstić information content (AvgIpc) is 2.10. The van der Waals surface area contributed by atoms with Crippen LogP contribution in [-0.4, -0.2) is 0 Å². The van der Waals surface area contributed by atoms with Crippen LogP contribution in [-0.2, 0) is 0 Å². The van der Waals surface area contributed by atoms with Crippen LogP contribution in [0.2, 0.25) is 0 Å². The largest absolute Gasteiger partial charge is 0.399 e. The predicted octanol–water partition coefficient (Wildman–Crippen LogP) is 2.54. The van der Waals surface area contributed by atoms with Crippen molar-refractivity contribution in [3.05, 3.63) is 48.2 Å². The monoisotopic (exact) mass is 161 g/mol. The maximum absolute atomic E-state index is 5.58. The Morgan fingerprint density at radius 2 is 2.08 bits per heavy atom. The molecule has 1 heteroatoms. The van der Waals surface area contributed by atoms with Crippen molar-refractivity contribution in [3.63, 3.8) is 0 Å². The lowest BCUT2D eigenvalue weighted by Gasteiger charge is -2.12. The van der Waals surface area contributed by atoms with E-state index in [-0.39, 0.29) is 5.41 Å². The predicted molar refractivity (Wildman–Crippen MR) is 53.5 cm³/mol. The summed E-state index contributed by atoms with van der Waals surface area (Å²) in [5.74, 6) is 0. The van der Waals surface area contributed by atoms with E-state index in [1.165, 1.54) is 0 Å². The molecule has 64 valence electrons. The van der Waals surface area contributed by atoms with E-state index in [0.717, 1.165) is 5.57 Å². The summed E-state index contributed by atoms with van der Waals surface area (Å²) < 4.78 is 0. The second kappa shape index (κ2) is 3.02. The number of allylic oxidation sites excluding steroid dienone is 5. The van der Waals surface area contributed by atoms with Gasteiger partial charge in [-0.3, -0.25) is 0 Å². The van der Waals surface area contributed by atoms with E-state index < -0.39 is 0 Å². The van der Waals surface area contributed by atoms with E-state index in [1.807, 2.05) is 18.2 Å². The van der Waals surface area contributed by atoms with Crippen LogP contribution in [0.5, 0.6) is 0 Å². The summed E-state index contributed by atoms with van der Waals surface area (Å²) in [5.41, 5.74) is 7.31. The maximum Gasteiger partial charge on any atom is 0.0314 e. The lowest BCUT2D eigenvalue weighted by molar-refractivity contribution is 0.627. The van der Waals surface area contributed by atoms with Crippen molar-refractivity contribution < 1.29 is 0 Å². The number of rotatable bonds is 1. The van der Waals surface area contributed by atoms with Gasteiger partial charge in [-0.2, -0.15) is 0 Å². The van der Waals surface area contributed by atoms with Gasteiger partial charge in [-0.25, -0.2) is 0 Å². The fraction of sp³-hybridized carbons (Fsp3) is 0.273. The third kappa shape index (κ3) is 2.12. The van der Waals surface area contributed by atoms with Gasteiger partial charge in [0, 0.05) is 11.1 Å². The maximum atomic E-state index is 5.58. The summed E-state index contributed by atoms with van der Waals surface area (Å²) in [4.78, 5) is 0. The van der Waals surface area contributed by atoms with E-state index in [2.05, 4.69) is 32.6 Å². The van der Waals surface area contributed by atoms with Crippen LogP contribution in [0.25, 0.3) is 0 Å². The first-order chi connectivity index (χ1) is 5.51. The molecule has 0 radical (unpaired) electrons. The molecule has 0 aromatic heterocycles. The highest BCUT2D eigenvalue weighted by atomic mass is 14.6. The molecular formula is C11H15N. The van der Waals surface area contributed by atoms with Crippen molar-refractivity contribution in [1.82, 2.24) is 0 Å². The van der Waals surface area contributed by atoms with Gasteiger partial charge in [0.25, 0.3) is 0 Å². The highest BCUT2D eigenvalue weighted by Gasteiger charge is 2.10. The van der Waals surface area contributed by atoms with Gasteiger partial charge in [0.1, 0.15) is 0 Å². The van der Waals surface area contributed by atoms with Crippen molar-refractivity contribution >= 4 is 0 Å². The Balaban J connectivity index is 2.94. The van der Waals surface area contributed by atoms with Gasteiger partial charge in [0.05, 0.1) is 0 Å². The van der Waals surface area contributed by atoms with Crippen molar-refractivity contribution in [2.24, 2.45) is 11.1 Å². The van der Waals surface area contributed by atoms with Crippen molar-refractivity contribution in [3.8, 4) is 0 Å². The van der Waals surface area contributed by atoms with Crippen LogP contribution in [0.4, 0.5) is 0 Å². The van der Waals surface area contributed by atoms with Crippen molar-refractivity contribution in [1.29, 1.82) is 0 Å². The summed E-state index contributed by atoms with van der Waals surface area (Å²) in [7, 11) is 0. The van der Waals surface area contributed by atoms with E-state index in [4.69, 9.17) is 5.73 Å². The first kappa shape index (κ1) is 8.85. The topological polar surface area (TPSA) is 26.0 Å². The molecule has 0 spiro atoms. The minimum absolute atomic E-state index is 0.119. The average molecular weight is 161 g/mol. The zero-order chi connectivity index (χ0) is 9.19. The Labute approximate surface area is 74.0 Å². The van der Waals surface area contributed by atoms with Gasteiger partial charge in [0.2, 0.25) is 0 Å². The molecule has 0 unspecified atom stereocenters. The van der Waals surface area contributed by atoms with Gasteiger partial charge < -0.3 is 5.73 Å². The molecule has 12 heavy (non-hydrogen) atoms. The first-order valence-electron chi connectivity index (χ1n) is 4.05. The van der Waals surface area contributed by atoms with Crippen molar-refractivity contribution in [2.75, 3.05) is 0 Å². The molecule has 0 atom stereocenters. The lowest BCUT2D eigenvalue weighted by atomic mass is 9.93. The fourth-order valence-corrected chi connectivity index (χ4v) is 1.03. The third-order valence-electron chi connectivity index (χ3n) is 1.86. The lowest BCUT2D eigenvalue weighted by Crippen LogP contribution is -2.01. The van der Waals surface area contributed by atoms with Crippen LogP contribution in [0.1, 0.15) is 13.8 Å². The SMILES string of the molecule is C=C(N)C1=CC=CC(C)(C)C=C1. The third-order valence-corrected chi connectivity index (χ3v) is 1.86. The molecule has 0 amide bonds. The second-order valence-corrected chi connectivity index (χ2v) is 3.66. The summed E-state index contributed by atoms with van der Waals surface area (Å²) in [5, 5.41) is 0. The second-order valence-electron chi connectivity index (χ2n) is 3.66. The van der Waals surface area contributed by atoms with Crippen LogP contribution >= 0.6 is 0 Å². The standard InChI is InChI=1S/C11H15N/c1-9(12)10-5-4-7-11(2,3)8-6-10/h4-8H,1,12H2,2-3H3. The van der Waals surface area contributed by atoms with E-state index >= 15 is 0 Å². The highest BCUT2D eigenvalue weighted by molar-refractivity contribution is 5.41. The number of hydrogen-bond donors (Lipinski definition) is 1. The summed E-state index contributed by atoms with van der Waals surface area (Å²) >= 11 is 0. The van der Waals surface area contributed by atoms with Crippen molar-refractivity contribution in [2.45, 2.75) is 13.8 Å². The van der Waals surface area contributed by atoms with E-state index in [1.54, 1.807) is 0 Å². The quantitative estimate of drug-likeness (QED) is 0.628. The van der Waals surface area contributed by atoms with Gasteiger partial charge in [-0.05, 0) is 5.57 Å². The number of hydrogen-bond acceptors (Lipinski definition) is 1. The Bertz CT molecular complexity index is 277. The summed E-state index contributed by atoms with van der Waals surface area (Å²) in [6, 6.07) is 0. The molecule has 0 aliphatic heterocycles. The molecule has 0 heterocycles. The first-order valence-corrected chi connectivity index (χ1v) is 4.05. The smallest absolute Gasteiger partial charge is 0.0314 e. The minimum Gasteiger partial charge on any atom is -0.399 e. The zero-order valence-electron chi connectivity index (χ0n) is 7.67. The Morgan fingerprint density at radius 1 is 1.42 bits per heavy atom. The molecule has 0 aromatic carbocycles. The molecule has 0 aromatic rings. The molecule has 1 aliphatic rings. The Morgan fingerprint density at radius 3 is 2.67 bits per heavy atom. The molecule has 0 saturated heterocycles. The molecule has 0 fully saturated rings. The Kier molecular flexibility index (Phi) is 2.22. The molecular weight excluding hydrogens is 146 g/mol. The summed E-state index contributed by atoms with van der Waals surface area (Å²) in [6.07, 6.45) is 10.3. The van der Waals surface area contributed by atoms with Crippen LogP contribution in [0.3, 0.4) is 0 Å². The van der Waals surface area contributed by atoms with E-state index in [9.17, 15) is 0 Å². The normalized spacial score (nSPS) is 20.0. The van der Waals surface area contributed by atoms with Gasteiger partial charge in [0.15, 0.2) is 0 Å². The molecule has 0 bridgehead atoms. The van der Waals surface area contributed by atoms with E-state index in [0.29, 0.717) is 5.70 Å². The molecule has 1 nitrogen and oxygen atoms in total. The van der Waals surface area contributed by atoms with Crippen LogP contribution in [0.15, 0.2) is 48.2 Å². The van der Waals surface area contributed by atoms with Gasteiger partial charge in [-0.1, -0.05) is 50.8 Å². The number of nitrogens with two attached hydrogens (primary N) is 1. The van der Waals surface area contributed by atoms with Crippen LogP contribution < -0.4 is 5.73 Å². The van der Waals surface area contributed by atoms with Gasteiger partial charge >= 0.3 is 0 Å². The minimum atomic E-state index is 0.119. The summed E-state index contributed by atoms with van der Waals surface area (Å²) in [6.45, 7) is 7.99. The fourth-order valence-electron chi connectivity index (χ4n) is 1.03. The molecule has 2 N–H and O–H groups in total. The highest BCUT2D eigenvalue weighted by Crippen LogP contribution is 2.23. The molecule has 0 saturated carbocycles. The molecule has 1 rings (SSSR count). The van der Waals surface area contributed by atoms with Gasteiger partial charge in [-0.15, -0.1) is 0 Å². The zero-order valence-corrected chi connectivity index (χ0v) is 7.67.